The molecule has 5 heteroatoms. The number of piperidine rings is 1. The molecule has 4 heterocycles. The van der Waals surface area contributed by atoms with Gasteiger partial charge in [0.2, 0.25) is 0 Å². The Morgan fingerprint density at radius 1 is 1.33 bits per heavy atom. The Labute approximate surface area is 146 Å². The van der Waals surface area contributed by atoms with Crippen LogP contribution in [0.1, 0.15) is 34.5 Å². The lowest BCUT2D eigenvalue weighted by Gasteiger charge is -2.39. The van der Waals surface area contributed by atoms with Crippen molar-refractivity contribution in [1.82, 2.24) is 9.88 Å². The zero-order valence-corrected chi connectivity index (χ0v) is 14.8. The Balaban J connectivity index is 1.54. The molecule has 2 fully saturated rings. The van der Waals surface area contributed by atoms with Crippen LogP contribution in [0.5, 0.6) is 0 Å². The normalized spacial score (nSPS) is 23.8. The molecule has 0 radical (unpaired) electrons. The fraction of sp³-hybridized carbons (Fsp3) is 0.474. The van der Waals surface area contributed by atoms with Crippen LogP contribution in [-0.2, 0) is 4.74 Å². The number of thiophene rings is 1. The Morgan fingerprint density at radius 2 is 2.25 bits per heavy atom. The standard InChI is InChI=1S/C19H22N2O2S/c1-14-11-20-8-5-15(14)16-3-4-17(24-16)18(22)21-9-2-6-19(12-21)7-10-23-13-19/h3-5,8,11H,2,6-7,9-10,12-13H2,1H3. The third kappa shape index (κ3) is 2.87. The second-order valence-electron chi connectivity index (χ2n) is 6.99. The Kier molecular flexibility index (Phi) is 4.14. The average Bonchev–Trinajstić information content (AvgIpc) is 3.25. The number of pyridine rings is 1. The topological polar surface area (TPSA) is 42.4 Å². The van der Waals surface area contributed by atoms with Crippen LogP contribution in [0.25, 0.3) is 10.4 Å². The molecule has 1 unspecified atom stereocenters. The summed E-state index contributed by atoms with van der Waals surface area (Å²) in [7, 11) is 0. The molecule has 4 nitrogen and oxygen atoms in total. The number of hydrogen-bond donors (Lipinski definition) is 0. The van der Waals surface area contributed by atoms with E-state index in [-0.39, 0.29) is 11.3 Å². The molecule has 0 bridgehead atoms. The summed E-state index contributed by atoms with van der Waals surface area (Å²) in [4.78, 5) is 21.1. The minimum atomic E-state index is 0.170. The predicted molar refractivity (Wildman–Crippen MR) is 95.3 cm³/mol. The molecule has 0 aromatic carbocycles. The highest BCUT2D eigenvalue weighted by Crippen LogP contribution is 2.39. The van der Waals surface area contributed by atoms with E-state index in [4.69, 9.17) is 4.74 Å². The first-order valence-corrected chi connectivity index (χ1v) is 9.36. The first-order valence-electron chi connectivity index (χ1n) is 8.55. The summed E-state index contributed by atoms with van der Waals surface area (Å²) in [5.41, 5.74) is 2.50. The van der Waals surface area contributed by atoms with Gasteiger partial charge in [0, 0.05) is 42.4 Å². The zero-order chi connectivity index (χ0) is 16.6. The van der Waals surface area contributed by atoms with E-state index in [2.05, 4.69) is 18.0 Å². The lowest BCUT2D eigenvalue weighted by atomic mass is 9.79. The van der Waals surface area contributed by atoms with Crippen LogP contribution in [0.2, 0.25) is 0 Å². The highest BCUT2D eigenvalue weighted by atomic mass is 32.1. The first-order chi connectivity index (χ1) is 11.7. The molecule has 4 rings (SSSR count). The van der Waals surface area contributed by atoms with E-state index < -0.39 is 0 Å². The second kappa shape index (κ2) is 6.30. The number of carbonyl (C=O) groups is 1. The van der Waals surface area contributed by atoms with E-state index in [1.807, 2.05) is 23.2 Å². The minimum Gasteiger partial charge on any atom is -0.381 e. The van der Waals surface area contributed by atoms with Crippen LogP contribution in [0.3, 0.4) is 0 Å². The van der Waals surface area contributed by atoms with Crippen LogP contribution >= 0.6 is 11.3 Å². The van der Waals surface area contributed by atoms with E-state index >= 15 is 0 Å². The van der Waals surface area contributed by atoms with Gasteiger partial charge in [-0.2, -0.15) is 0 Å². The van der Waals surface area contributed by atoms with Crippen molar-refractivity contribution >= 4 is 17.2 Å². The van der Waals surface area contributed by atoms with E-state index in [9.17, 15) is 4.79 Å². The first kappa shape index (κ1) is 15.8. The second-order valence-corrected chi connectivity index (χ2v) is 8.07. The van der Waals surface area contributed by atoms with Gasteiger partial charge in [0.05, 0.1) is 11.5 Å². The fourth-order valence-electron chi connectivity index (χ4n) is 3.86. The minimum absolute atomic E-state index is 0.170. The molecule has 24 heavy (non-hydrogen) atoms. The summed E-state index contributed by atoms with van der Waals surface area (Å²) in [5, 5.41) is 0. The summed E-state index contributed by atoms with van der Waals surface area (Å²) in [6.07, 6.45) is 7.02. The molecule has 126 valence electrons. The predicted octanol–water partition coefficient (Wildman–Crippen LogP) is 3.76. The van der Waals surface area contributed by atoms with Crippen LogP contribution in [0.4, 0.5) is 0 Å². The zero-order valence-electron chi connectivity index (χ0n) is 14.0. The number of amides is 1. The molecular weight excluding hydrogens is 320 g/mol. The highest BCUT2D eigenvalue weighted by Gasteiger charge is 2.40. The molecule has 0 aliphatic carbocycles. The maximum atomic E-state index is 13.0. The van der Waals surface area contributed by atoms with Crippen LogP contribution in [-0.4, -0.2) is 42.1 Å². The Hall–Kier alpha value is -1.72. The monoisotopic (exact) mass is 342 g/mol. The van der Waals surface area contributed by atoms with Gasteiger partial charge < -0.3 is 9.64 Å². The van der Waals surface area contributed by atoms with Gasteiger partial charge in [-0.3, -0.25) is 9.78 Å². The summed E-state index contributed by atoms with van der Waals surface area (Å²) in [6.45, 7) is 5.41. The number of aromatic nitrogens is 1. The van der Waals surface area contributed by atoms with E-state index in [1.165, 1.54) is 6.42 Å². The van der Waals surface area contributed by atoms with E-state index in [0.29, 0.717) is 0 Å². The molecule has 2 aromatic rings. The number of rotatable bonds is 2. The molecule has 1 atom stereocenters. The third-order valence-electron chi connectivity index (χ3n) is 5.24. The molecule has 0 N–H and O–H groups in total. The van der Waals surface area contributed by atoms with Crippen molar-refractivity contribution in [1.29, 1.82) is 0 Å². The highest BCUT2D eigenvalue weighted by molar-refractivity contribution is 7.17. The van der Waals surface area contributed by atoms with Crippen molar-refractivity contribution in [2.45, 2.75) is 26.2 Å². The summed E-state index contributed by atoms with van der Waals surface area (Å²) in [6, 6.07) is 6.04. The Bertz CT molecular complexity index is 749. The Morgan fingerprint density at radius 3 is 3.04 bits per heavy atom. The smallest absolute Gasteiger partial charge is 0.263 e. The molecule has 0 saturated carbocycles. The maximum Gasteiger partial charge on any atom is 0.263 e. The van der Waals surface area contributed by atoms with Crippen molar-refractivity contribution in [3.63, 3.8) is 0 Å². The molecule has 2 aliphatic heterocycles. The number of hydrogen-bond acceptors (Lipinski definition) is 4. The largest absolute Gasteiger partial charge is 0.381 e. The number of carbonyl (C=O) groups excluding carboxylic acids is 1. The van der Waals surface area contributed by atoms with Gasteiger partial charge in [0.1, 0.15) is 0 Å². The fourth-order valence-corrected chi connectivity index (χ4v) is 4.92. The van der Waals surface area contributed by atoms with Gasteiger partial charge >= 0.3 is 0 Å². The van der Waals surface area contributed by atoms with Gasteiger partial charge in [-0.05, 0) is 55.5 Å². The summed E-state index contributed by atoms with van der Waals surface area (Å²) in [5.74, 6) is 0.170. The molecule has 2 aliphatic rings. The average molecular weight is 342 g/mol. The van der Waals surface area contributed by atoms with Crippen molar-refractivity contribution in [3.05, 3.63) is 41.0 Å². The van der Waals surface area contributed by atoms with Gasteiger partial charge in [-0.1, -0.05) is 0 Å². The van der Waals surface area contributed by atoms with Crippen molar-refractivity contribution in [2.75, 3.05) is 26.3 Å². The van der Waals surface area contributed by atoms with Crippen molar-refractivity contribution < 1.29 is 9.53 Å². The third-order valence-corrected chi connectivity index (χ3v) is 6.34. The number of aryl methyl sites for hydroxylation is 1. The number of likely N-dealkylation sites (tertiary alicyclic amines) is 1. The van der Waals surface area contributed by atoms with Gasteiger partial charge in [0.15, 0.2) is 0 Å². The van der Waals surface area contributed by atoms with Gasteiger partial charge in [-0.25, -0.2) is 0 Å². The number of ether oxygens (including phenoxy) is 1. The summed E-state index contributed by atoms with van der Waals surface area (Å²) < 4.78 is 5.61. The lowest BCUT2D eigenvalue weighted by molar-refractivity contribution is 0.0467. The van der Waals surface area contributed by atoms with Crippen LogP contribution < -0.4 is 0 Å². The van der Waals surface area contributed by atoms with Crippen LogP contribution in [0.15, 0.2) is 30.6 Å². The molecule has 1 spiro atoms. The maximum absolute atomic E-state index is 13.0. The van der Waals surface area contributed by atoms with E-state index in [0.717, 1.165) is 60.0 Å². The van der Waals surface area contributed by atoms with Gasteiger partial charge in [0.25, 0.3) is 5.91 Å². The molecular formula is C19H22N2O2S. The SMILES string of the molecule is Cc1cnccc1-c1ccc(C(=O)N2CCCC3(CCOC3)C2)s1. The molecule has 1 amide bonds. The lowest BCUT2D eigenvalue weighted by Crippen LogP contribution is -2.46. The van der Waals surface area contributed by atoms with Crippen molar-refractivity contribution in [3.8, 4) is 10.4 Å². The molecule has 2 saturated heterocycles. The van der Waals surface area contributed by atoms with Gasteiger partial charge in [-0.15, -0.1) is 11.3 Å². The summed E-state index contributed by atoms with van der Waals surface area (Å²) >= 11 is 1.58. The number of nitrogens with zero attached hydrogens (tertiary/aromatic N) is 2. The quantitative estimate of drug-likeness (QED) is 0.834. The van der Waals surface area contributed by atoms with E-state index in [1.54, 1.807) is 17.5 Å². The molecule has 2 aromatic heterocycles. The van der Waals surface area contributed by atoms with Crippen molar-refractivity contribution in [2.24, 2.45) is 5.41 Å². The van der Waals surface area contributed by atoms with Crippen LogP contribution in [0, 0.1) is 12.3 Å².